The maximum absolute atomic E-state index is 13.0. The first-order valence-corrected chi connectivity index (χ1v) is 10.2. The van der Waals surface area contributed by atoms with Crippen molar-refractivity contribution in [1.82, 2.24) is 4.90 Å². The lowest BCUT2D eigenvalue weighted by atomic mass is 9.81. The number of hydrogen-bond donors (Lipinski definition) is 1. The van der Waals surface area contributed by atoms with E-state index in [4.69, 9.17) is 15.2 Å². The summed E-state index contributed by atoms with van der Waals surface area (Å²) in [6.45, 7) is 0.720. The van der Waals surface area contributed by atoms with Crippen LogP contribution in [-0.4, -0.2) is 45.2 Å². The number of hydrogen-bond acceptors (Lipinski definition) is 8. The molecule has 1 aliphatic heterocycles. The summed E-state index contributed by atoms with van der Waals surface area (Å²) in [5.74, 6) is -2.37. The zero-order chi connectivity index (χ0) is 24.1. The SMILES string of the molecule is COC(=O)C1=C(C(=O)OC)N(c2ccc(CN(C)C)cc2)C(N)=C(C#N)C1c1ccccc1. The van der Waals surface area contributed by atoms with Crippen LogP contribution in [-0.2, 0) is 25.6 Å². The molecule has 0 aromatic heterocycles. The van der Waals surface area contributed by atoms with E-state index in [-0.39, 0.29) is 22.7 Å². The van der Waals surface area contributed by atoms with E-state index < -0.39 is 17.9 Å². The van der Waals surface area contributed by atoms with Crippen molar-refractivity contribution in [2.45, 2.75) is 12.5 Å². The van der Waals surface area contributed by atoms with Gasteiger partial charge in [-0.2, -0.15) is 5.26 Å². The molecule has 1 aliphatic rings. The van der Waals surface area contributed by atoms with Gasteiger partial charge in [0.05, 0.1) is 37.4 Å². The second-order valence-electron chi connectivity index (χ2n) is 7.74. The second-order valence-corrected chi connectivity index (χ2v) is 7.74. The molecule has 0 radical (unpaired) electrons. The van der Waals surface area contributed by atoms with Crippen molar-refractivity contribution in [3.05, 3.63) is 88.4 Å². The molecule has 0 amide bonds. The summed E-state index contributed by atoms with van der Waals surface area (Å²) in [4.78, 5) is 29.4. The van der Waals surface area contributed by atoms with Gasteiger partial charge in [0, 0.05) is 12.2 Å². The van der Waals surface area contributed by atoms with Gasteiger partial charge in [-0.1, -0.05) is 42.5 Å². The van der Waals surface area contributed by atoms with Crippen LogP contribution in [0.25, 0.3) is 0 Å². The lowest BCUT2D eigenvalue weighted by Crippen LogP contribution is -2.40. The highest BCUT2D eigenvalue weighted by Crippen LogP contribution is 2.43. The Bertz CT molecular complexity index is 1150. The molecular formula is C25H26N4O4. The predicted octanol–water partition coefficient (Wildman–Crippen LogP) is 2.65. The first kappa shape index (κ1) is 23.6. The summed E-state index contributed by atoms with van der Waals surface area (Å²) >= 11 is 0. The quantitative estimate of drug-likeness (QED) is 0.675. The summed E-state index contributed by atoms with van der Waals surface area (Å²) in [6, 6.07) is 18.4. The summed E-state index contributed by atoms with van der Waals surface area (Å²) in [6.07, 6.45) is 0. The molecule has 33 heavy (non-hydrogen) atoms. The normalized spacial score (nSPS) is 16.0. The number of esters is 2. The first-order valence-electron chi connectivity index (χ1n) is 10.2. The minimum absolute atomic E-state index is 0.0151. The Morgan fingerprint density at radius 2 is 1.64 bits per heavy atom. The molecule has 2 N–H and O–H groups in total. The third-order valence-corrected chi connectivity index (χ3v) is 5.30. The number of rotatable bonds is 6. The molecule has 8 heteroatoms. The minimum atomic E-state index is -0.887. The molecular weight excluding hydrogens is 420 g/mol. The fourth-order valence-electron chi connectivity index (χ4n) is 3.90. The second kappa shape index (κ2) is 10.0. The molecule has 2 aromatic carbocycles. The number of allylic oxidation sites excluding steroid dienone is 1. The highest BCUT2D eigenvalue weighted by Gasteiger charge is 2.42. The van der Waals surface area contributed by atoms with E-state index in [2.05, 4.69) is 6.07 Å². The van der Waals surface area contributed by atoms with Gasteiger partial charge in [0.25, 0.3) is 0 Å². The molecule has 0 aliphatic carbocycles. The van der Waals surface area contributed by atoms with Gasteiger partial charge in [-0.05, 0) is 37.4 Å². The van der Waals surface area contributed by atoms with Crippen LogP contribution in [0.15, 0.2) is 77.3 Å². The van der Waals surface area contributed by atoms with Crippen LogP contribution >= 0.6 is 0 Å². The van der Waals surface area contributed by atoms with Gasteiger partial charge < -0.3 is 20.1 Å². The number of ether oxygens (including phenoxy) is 2. The monoisotopic (exact) mass is 446 g/mol. The van der Waals surface area contributed by atoms with Crippen molar-refractivity contribution < 1.29 is 19.1 Å². The van der Waals surface area contributed by atoms with Crippen LogP contribution in [0.4, 0.5) is 5.69 Å². The van der Waals surface area contributed by atoms with Crippen LogP contribution < -0.4 is 10.6 Å². The van der Waals surface area contributed by atoms with Gasteiger partial charge in [-0.25, -0.2) is 9.59 Å². The molecule has 1 heterocycles. The van der Waals surface area contributed by atoms with Crippen molar-refractivity contribution in [2.24, 2.45) is 5.73 Å². The summed E-state index contributed by atoms with van der Waals surface area (Å²) in [5.41, 5.74) is 8.69. The fourth-order valence-corrected chi connectivity index (χ4v) is 3.90. The maximum Gasteiger partial charge on any atom is 0.355 e. The number of carbonyl (C=O) groups excluding carboxylic acids is 2. The Morgan fingerprint density at radius 1 is 1.03 bits per heavy atom. The third-order valence-electron chi connectivity index (χ3n) is 5.30. The van der Waals surface area contributed by atoms with Gasteiger partial charge in [-0.15, -0.1) is 0 Å². The largest absolute Gasteiger partial charge is 0.466 e. The lowest BCUT2D eigenvalue weighted by molar-refractivity contribution is -0.139. The molecule has 1 unspecified atom stereocenters. The molecule has 3 rings (SSSR count). The van der Waals surface area contributed by atoms with E-state index in [1.54, 1.807) is 36.4 Å². The van der Waals surface area contributed by atoms with Gasteiger partial charge in [0.1, 0.15) is 11.5 Å². The first-order chi connectivity index (χ1) is 15.8. The van der Waals surface area contributed by atoms with E-state index in [0.717, 1.165) is 12.1 Å². The van der Waals surface area contributed by atoms with Gasteiger partial charge in [-0.3, -0.25) is 4.90 Å². The van der Waals surface area contributed by atoms with Crippen molar-refractivity contribution in [3.8, 4) is 6.07 Å². The number of nitrogens with two attached hydrogens (primary N) is 1. The Kier molecular flexibility index (Phi) is 7.16. The number of carbonyl (C=O) groups is 2. The molecule has 8 nitrogen and oxygen atoms in total. The fraction of sp³-hybridized carbons (Fsp3) is 0.240. The lowest BCUT2D eigenvalue weighted by Gasteiger charge is -2.36. The molecule has 0 saturated carbocycles. The number of nitriles is 1. The number of methoxy groups -OCH3 is 2. The molecule has 0 saturated heterocycles. The van der Waals surface area contributed by atoms with Crippen molar-refractivity contribution in [2.75, 3.05) is 33.2 Å². The van der Waals surface area contributed by atoms with Crippen LogP contribution in [0.3, 0.4) is 0 Å². The standard InChI is InChI=1S/C25H26N4O4/c1-28(2)15-16-10-12-18(13-11-16)29-22(25(31)33-4)21(24(30)32-3)20(19(14-26)23(29)27)17-8-6-5-7-9-17/h5-13,20H,15,27H2,1-4H3. The van der Waals surface area contributed by atoms with Crippen molar-refractivity contribution in [3.63, 3.8) is 0 Å². The molecule has 1 atom stereocenters. The molecule has 0 spiro atoms. The number of nitrogens with zero attached hydrogens (tertiary/aromatic N) is 3. The topological polar surface area (TPSA) is 109 Å². The summed E-state index contributed by atoms with van der Waals surface area (Å²) in [5, 5.41) is 10.0. The van der Waals surface area contributed by atoms with Gasteiger partial charge >= 0.3 is 11.9 Å². The average molecular weight is 447 g/mol. The molecule has 170 valence electrons. The summed E-state index contributed by atoms with van der Waals surface area (Å²) in [7, 11) is 6.37. The Morgan fingerprint density at radius 3 is 2.15 bits per heavy atom. The molecule has 0 fully saturated rings. The number of benzene rings is 2. The van der Waals surface area contributed by atoms with Gasteiger partial charge in [0.15, 0.2) is 0 Å². The van der Waals surface area contributed by atoms with Crippen LogP contribution in [0.5, 0.6) is 0 Å². The van der Waals surface area contributed by atoms with E-state index in [1.807, 2.05) is 37.2 Å². The smallest absolute Gasteiger partial charge is 0.355 e. The molecule has 0 bridgehead atoms. The number of anilines is 1. The van der Waals surface area contributed by atoms with Crippen LogP contribution in [0.1, 0.15) is 17.0 Å². The zero-order valence-electron chi connectivity index (χ0n) is 19.0. The third kappa shape index (κ3) is 4.59. The van der Waals surface area contributed by atoms with Crippen molar-refractivity contribution >= 4 is 17.6 Å². The zero-order valence-corrected chi connectivity index (χ0v) is 19.0. The Hall–Kier alpha value is -4.09. The van der Waals surface area contributed by atoms with Crippen LogP contribution in [0.2, 0.25) is 0 Å². The maximum atomic E-state index is 13.0. The van der Waals surface area contributed by atoms with E-state index in [0.29, 0.717) is 11.3 Å². The van der Waals surface area contributed by atoms with Crippen molar-refractivity contribution in [1.29, 1.82) is 5.26 Å². The molecule has 2 aromatic rings. The summed E-state index contributed by atoms with van der Waals surface area (Å²) < 4.78 is 10.1. The van der Waals surface area contributed by atoms with E-state index in [1.165, 1.54) is 19.1 Å². The minimum Gasteiger partial charge on any atom is -0.466 e. The van der Waals surface area contributed by atoms with E-state index >= 15 is 0 Å². The Balaban J connectivity index is 2.30. The predicted molar refractivity (Wildman–Crippen MR) is 123 cm³/mol. The highest BCUT2D eigenvalue weighted by molar-refractivity contribution is 6.06. The van der Waals surface area contributed by atoms with Crippen LogP contribution in [0, 0.1) is 11.3 Å². The van der Waals surface area contributed by atoms with Gasteiger partial charge in [0.2, 0.25) is 0 Å². The Labute approximate surface area is 193 Å². The van der Waals surface area contributed by atoms with E-state index in [9.17, 15) is 14.9 Å². The highest BCUT2D eigenvalue weighted by atomic mass is 16.5. The average Bonchev–Trinajstić information content (AvgIpc) is 2.83.